The van der Waals surface area contributed by atoms with Crippen molar-refractivity contribution in [2.45, 2.75) is 25.3 Å². The quantitative estimate of drug-likeness (QED) is 0.908. The van der Waals surface area contributed by atoms with Gasteiger partial charge in [-0.1, -0.05) is 11.6 Å². The standard InChI is InChI=1S/C15H17ClN4O2S/c1-19-11-6-7-20(14(15(17)22)10(11)8-18-19)13(21)5-3-9-2-4-12(16)23-9/h2,4,8,14H,3,5-7H2,1H3,(H2,17,22). The highest BCUT2D eigenvalue weighted by Crippen LogP contribution is 2.30. The number of hydrogen-bond donors (Lipinski definition) is 1. The van der Waals surface area contributed by atoms with Crippen LogP contribution in [0, 0.1) is 0 Å². The van der Waals surface area contributed by atoms with Gasteiger partial charge in [0, 0.05) is 42.6 Å². The molecule has 0 spiro atoms. The lowest BCUT2D eigenvalue weighted by molar-refractivity contribution is -0.140. The first-order valence-electron chi connectivity index (χ1n) is 7.31. The minimum absolute atomic E-state index is 0.0761. The first kappa shape index (κ1) is 16.0. The van der Waals surface area contributed by atoms with Crippen molar-refractivity contribution >= 4 is 34.8 Å². The van der Waals surface area contributed by atoms with Crippen LogP contribution in [-0.4, -0.2) is 33.0 Å². The molecule has 0 fully saturated rings. The Kier molecular flexibility index (Phi) is 4.41. The summed E-state index contributed by atoms with van der Waals surface area (Å²) in [5.74, 6) is -0.598. The first-order chi connectivity index (χ1) is 11.0. The van der Waals surface area contributed by atoms with E-state index in [0.29, 0.717) is 30.1 Å². The van der Waals surface area contributed by atoms with Gasteiger partial charge in [-0.15, -0.1) is 11.3 Å². The molecule has 2 aromatic heterocycles. The number of nitrogens with zero attached hydrogens (tertiary/aromatic N) is 3. The lowest BCUT2D eigenvalue weighted by Crippen LogP contribution is -2.45. The average molecular weight is 353 g/mol. The number of rotatable bonds is 4. The SMILES string of the molecule is Cn1ncc2c1CCN(C(=O)CCc1ccc(Cl)s1)C2C(N)=O. The predicted molar refractivity (Wildman–Crippen MR) is 88.2 cm³/mol. The highest BCUT2D eigenvalue weighted by molar-refractivity contribution is 7.16. The van der Waals surface area contributed by atoms with E-state index in [1.807, 2.05) is 19.2 Å². The Labute approximate surface area is 142 Å². The van der Waals surface area contributed by atoms with E-state index < -0.39 is 11.9 Å². The maximum atomic E-state index is 12.6. The minimum atomic E-state index is -0.730. The maximum Gasteiger partial charge on any atom is 0.245 e. The molecule has 3 heterocycles. The van der Waals surface area contributed by atoms with E-state index in [0.717, 1.165) is 16.1 Å². The van der Waals surface area contributed by atoms with Crippen LogP contribution in [0.15, 0.2) is 18.3 Å². The molecule has 2 amide bonds. The molecule has 1 unspecified atom stereocenters. The van der Waals surface area contributed by atoms with Gasteiger partial charge >= 0.3 is 0 Å². The van der Waals surface area contributed by atoms with E-state index in [4.69, 9.17) is 17.3 Å². The van der Waals surface area contributed by atoms with Crippen LogP contribution in [-0.2, 0) is 29.5 Å². The summed E-state index contributed by atoms with van der Waals surface area (Å²) in [6, 6.07) is 3.01. The number of carbonyl (C=O) groups is 2. The van der Waals surface area contributed by atoms with E-state index in [9.17, 15) is 9.59 Å². The zero-order valence-electron chi connectivity index (χ0n) is 12.7. The monoisotopic (exact) mass is 352 g/mol. The lowest BCUT2D eigenvalue weighted by atomic mass is 9.97. The van der Waals surface area contributed by atoms with Crippen LogP contribution in [0.2, 0.25) is 4.34 Å². The number of aromatic nitrogens is 2. The van der Waals surface area contributed by atoms with Crippen LogP contribution in [0.3, 0.4) is 0 Å². The van der Waals surface area contributed by atoms with E-state index in [1.165, 1.54) is 11.3 Å². The zero-order chi connectivity index (χ0) is 16.6. The van der Waals surface area contributed by atoms with Crippen molar-refractivity contribution in [2.24, 2.45) is 12.8 Å². The molecule has 23 heavy (non-hydrogen) atoms. The van der Waals surface area contributed by atoms with Gasteiger partial charge in [-0.25, -0.2) is 0 Å². The fraction of sp³-hybridized carbons (Fsp3) is 0.400. The third-order valence-corrected chi connectivity index (χ3v) is 5.38. The molecule has 0 aromatic carbocycles. The Hall–Kier alpha value is -1.86. The van der Waals surface area contributed by atoms with Gasteiger partial charge in [0.25, 0.3) is 0 Å². The van der Waals surface area contributed by atoms with Gasteiger partial charge in [0.15, 0.2) is 0 Å². The van der Waals surface area contributed by atoms with Crippen LogP contribution in [0.5, 0.6) is 0 Å². The molecule has 2 N–H and O–H groups in total. The number of hydrogen-bond acceptors (Lipinski definition) is 4. The Balaban J connectivity index is 1.75. The second-order valence-corrected chi connectivity index (χ2v) is 7.32. The molecule has 6 nitrogen and oxygen atoms in total. The molecular weight excluding hydrogens is 336 g/mol. The van der Waals surface area contributed by atoms with E-state index in [1.54, 1.807) is 15.8 Å². The maximum absolute atomic E-state index is 12.6. The third kappa shape index (κ3) is 3.11. The van der Waals surface area contributed by atoms with Gasteiger partial charge in [0.1, 0.15) is 6.04 Å². The van der Waals surface area contributed by atoms with Gasteiger partial charge in [-0.2, -0.15) is 5.10 Å². The number of nitrogens with two attached hydrogens (primary N) is 1. The predicted octanol–water partition coefficient (Wildman–Crippen LogP) is 1.68. The number of thiophene rings is 1. The second-order valence-electron chi connectivity index (χ2n) is 5.52. The molecule has 0 saturated heterocycles. The molecule has 3 rings (SSSR count). The fourth-order valence-electron chi connectivity index (χ4n) is 2.97. The van der Waals surface area contributed by atoms with Crippen molar-refractivity contribution in [3.05, 3.63) is 38.8 Å². The van der Waals surface area contributed by atoms with Crippen molar-refractivity contribution in [3.63, 3.8) is 0 Å². The van der Waals surface area contributed by atoms with Gasteiger partial charge in [0.05, 0.1) is 10.5 Å². The van der Waals surface area contributed by atoms with E-state index in [2.05, 4.69) is 5.10 Å². The molecular formula is C15H17ClN4O2S. The first-order valence-corrected chi connectivity index (χ1v) is 8.50. The molecule has 2 aromatic rings. The fourth-order valence-corrected chi connectivity index (χ4v) is 4.06. The number of primary amides is 1. The molecule has 0 radical (unpaired) electrons. The van der Waals surface area contributed by atoms with Crippen LogP contribution >= 0.6 is 22.9 Å². The summed E-state index contributed by atoms with van der Waals surface area (Å²) < 4.78 is 2.45. The van der Waals surface area contributed by atoms with Crippen molar-refractivity contribution in [3.8, 4) is 0 Å². The smallest absolute Gasteiger partial charge is 0.245 e. The van der Waals surface area contributed by atoms with Crippen LogP contribution in [0.4, 0.5) is 0 Å². The molecule has 1 aliphatic heterocycles. The number of fused-ring (bicyclic) bond motifs is 1. The summed E-state index contributed by atoms with van der Waals surface area (Å²) in [4.78, 5) is 27.1. The highest BCUT2D eigenvalue weighted by atomic mass is 35.5. The molecule has 0 aliphatic carbocycles. The van der Waals surface area contributed by atoms with Crippen LogP contribution in [0.25, 0.3) is 0 Å². The summed E-state index contributed by atoms with van der Waals surface area (Å²) in [5, 5.41) is 4.18. The molecule has 0 saturated carbocycles. The summed E-state index contributed by atoms with van der Waals surface area (Å²) >= 11 is 7.37. The van der Waals surface area contributed by atoms with Crippen molar-refractivity contribution < 1.29 is 9.59 Å². The van der Waals surface area contributed by atoms with Gasteiger partial charge < -0.3 is 10.6 Å². The Morgan fingerprint density at radius 2 is 2.26 bits per heavy atom. The van der Waals surface area contributed by atoms with Crippen LogP contribution < -0.4 is 5.73 Å². The lowest BCUT2D eigenvalue weighted by Gasteiger charge is -2.33. The highest BCUT2D eigenvalue weighted by Gasteiger charge is 2.36. The van der Waals surface area contributed by atoms with Crippen molar-refractivity contribution in [1.29, 1.82) is 0 Å². The minimum Gasteiger partial charge on any atom is -0.368 e. The summed E-state index contributed by atoms with van der Waals surface area (Å²) in [6.45, 7) is 0.476. The molecule has 122 valence electrons. The van der Waals surface area contributed by atoms with E-state index in [-0.39, 0.29) is 5.91 Å². The van der Waals surface area contributed by atoms with Crippen LogP contribution in [0.1, 0.15) is 28.6 Å². The van der Waals surface area contributed by atoms with Gasteiger partial charge in [-0.05, 0) is 18.6 Å². The number of amides is 2. The van der Waals surface area contributed by atoms with Gasteiger partial charge in [-0.3, -0.25) is 14.3 Å². The van der Waals surface area contributed by atoms with Gasteiger partial charge in [0.2, 0.25) is 11.8 Å². The normalized spacial score (nSPS) is 17.1. The zero-order valence-corrected chi connectivity index (χ0v) is 14.2. The third-order valence-electron chi connectivity index (χ3n) is 4.09. The molecule has 1 aliphatic rings. The Morgan fingerprint density at radius 1 is 1.48 bits per heavy atom. The molecule has 0 bridgehead atoms. The van der Waals surface area contributed by atoms with E-state index >= 15 is 0 Å². The van der Waals surface area contributed by atoms with Crippen molar-refractivity contribution in [2.75, 3.05) is 6.54 Å². The largest absolute Gasteiger partial charge is 0.368 e. The summed E-state index contributed by atoms with van der Waals surface area (Å²) in [6.07, 6.45) is 3.24. The summed E-state index contributed by atoms with van der Waals surface area (Å²) in [5.41, 5.74) is 7.24. The summed E-state index contributed by atoms with van der Waals surface area (Å²) in [7, 11) is 1.83. The number of aryl methyl sites for hydroxylation is 2. The second kappa shape index (κ2) is 6.33. The molecule has 1 atom stereocenters. The van der Waals surface area contributed by atoms with Crippen molar-refractivity contribution in [1.82, 2.24) is 14.7 Å². The Morgan fingerprint density at radius 3 is 2.91 bits per heavy atom. The molecule has 8 heteroatoms. The average Bonchev–Trinajstić information content (AvgIpc) is 3.10. The number of halogens is 1. The number of carbonyl (C=O) groups excluding carboxylic acids is 2. The topological polar surface area (TPSA) is 81.2 Å². The Bertz CT molecular complexity index is 754.